The monoisotopic (exact) mass is 537 g/mol. The van der Waals surface area contributed by atoms with Gasteiger partial charge in [0.2, 0.25) is 0 Å². The van der Waals surface area contributed by atoms with Gasteiger partial charge in [0.25, 0.3) is 11.5 Å². The number of amides is 1. The number of hydrogen-bond donors (Lipinski definition) is 2. The Morgan fingerprint density at radius 2 is 1.77 bits per heavy atom. The number of H-pyrrole nitrogens is 1. The number of carbonyl (C=O) groups is 1. The fraction of sp³-hybridized carbons (Fsp3) is 0.455. The number of likely N-dealkylation sites (tertiary alicyclic amines) is 1. The van der Waals surface area contributed by atoms with Crippen LogP contribution in [0.15, 0.2) is 47.3 Å². The molecule has 2 aliphatic heterocycles. The lowest BCUT2D eigenvalue weighted by atomic mass is 9.63. The molecule has 7 heteroatoms. The van der Waals surface area contributed by atoms with Gasteiger partial charge in [-0.15, -0.1) is 0 Å². The van der Waals surface area contributed by atoms with Gasteiger partial charge in [0.15, 0.2) is 0 Å². The van der Waals surface area contributed by atoms with E-state index >= 15 is 0 Å². The third-order valence-electron chi connectivity index (χ3n) is 8.69. The Morgan fingerprint density at radius 1 is 1.05 bits per heavy atom. The van der Waals surface area contributed by atoms with Crippen LogP contribution in [-0.2, 0) is 13.1 Å². The summed E-state index contributed by atoms with van der Waals surface area (Å²) in [5.41, 5.74) is 8.42. The zero-order valence-electron chi connectivity index (χ0n) is 24.5. The van der Waals surface area contributed by atoms with Gasteiger partial charge in [-0.3, -0.25) is 14.5 Å². The number of aryl methyl sites for hydroxylation is 2. The predicted molar refractivity (Wildman–Crippen MR) is 166 cm³/mol. The Balaban J connectivity index is 1.48. The largest absolute Gasteiger partial charge is 0.369 e. The maximum absolute atomic E-state index is 13.7. The minimum Gasteiger partial charge on any atom is -0.369 e. The third-order valence-corrected chi connectivity index (χ3v) is 8.69. The SMILES string of the molecule is CCN(c1cc(-c2ccc(CN3CCC3)cc2)cc(C(=O)NCc2c(C)cc(C)[nH]c2=O)c1C)C1CC[B]CC1. The minimum atomic E-state index is -0.151. The van der Waals surface area contributed by atoms with Crippen molar-refractivity contribution in [1.82, 2.24) is 15.2 Å². The van der Waals surface area contributed by atoms with Gasteiger partial charge in [-0.25, -0.2) is 0 Å². The summed E-state index contributed by atoms with van der Waals surface area (Å²) in [7, 11) is 2.39. The summed E-state index contributed by atoms with van der Waals surface area (Å²) in [4.78, 5) is 34.1. The molecule has 6 nitrogen and oxygen atoms in total. The van der Waals surface area contributed by atoms with Crippen molar-refractivity contribution in [2.75, 3.05) is 24.5 Å². The fourth-order valence-electron chi connectivity index (χ4n) is 6.21. The molecule has 2 aromatic carbocycles. The first kappa shape index (κ1) is 28.2. The number of anilines is 1. The molecule has 0 bridgehead atoms. The summed E-state index contributed by atoms with van der Waals surface area (Å²) in [6.07, 6.45) is 5.84. The van der Waals surface area contributed by atoms with E-state index in [1.807, 2.05) is 26.0 Å². The highest BCUT2D eigenvalue weighted by Crippen LogP contribution is 2.35. The number of nitrogens with zero attached hydrogens (tertiary/aromatic N) is 2. The van der Waals surface area contributed by atoms with E-state index in [1.165, 1.54) is 25.1 Å². The van der Waals surface area contributed by atoms with Crippen LogP contribution < -0.4 is 15.8 Å². The summed E-state index contributed by atoms with van der Waals surface area (Å²) < 4.78 is 0. The van der Waals surface area contributed by atoms with Gasteiger partial charge < -0.3 is 15.2 Å². The average molecular weight is 538 g/mol. The molecule has 0 aliphatic carbocycles. The number of carbonyl (C=O) groups excluding carboxylic acids is 1. The Bertz CT molecular complexity index is 1410. The minimum absolute atomic E-state index is 0.145. The van der Waals surface area contributed by atoms with Gasteiger partial charge in [0.1, 0.15) is 7.28 Å². The van der Waals surface area contributed by atoms with Gasteiger partial charge in [-0.2, -0.15) is 0 Å². The van der Waals surface area contributed by atoms with E-state index in [0.29, 0.717) is 17.2 Å². The van der Waals surface area contributed by atoms with Crippen molar-refractivity contribution in [3.05, 3.63) is 86.3 Å². The zero-order valence-corrected chi connectivity index (χ0v) is 24.5. The standard InChI is InChI=1S/C33H42BN4O2/c1-5-38(28-11-13-34-14-12-28)31-19-27(26-9-7-25(8-10-26)21-37-15-6-16-37)18-29(24(31)4)32(39)35-20-30-22(2)17-23(3)36-33(30)40/h7-10,17-19,28H,5-6,11-16,20-21H2,1-4H3,(H,35,39)(H,36,40). The predicted octanol–water partition coefficient (Wildman–Crippen LogP) is 5.63. The van der Waals surface area contributed by atoms with Gasteiger partial charge in [-0.1, -0.05) is 36.9 Å². The van der Waals surface area contributed by atoms with Crippen molar-refractivity contribution in [2.24, 2.45) is 0 Å². The van der Waals surface area contributed by atoms with Gasteiger partial charge in [-0.05, 0) is 106 Å². The zero-order chi connectivity index (χ0) is 28.2. The molecule has 40 heavy (non-hydrogen) atoms. The second-order valence-corrected chi connectivity index (χ2v) is 11.5. The normalized spacial score (nSPS) is 15.8. The molecule has 5 rings (SSSR count). The number of rotatable bonds is 9. The van der Waals surface area contributed by atoms with Crippen LogP contribution in [0.4, 0.5) is 5.69 Å². The van der Waals surface area contributed by atoms with Crippen molar-refractivity contribution in [2.45, 2.75) is 78.7 Å². The lowest BCUT2D eigenvalue weighted by Crippen LogP contribution is -2.38. The number of aromatic amines is 1. The Morgan fingerprint density at radius 3 is 2.40 bits per heavy atom. The molecule has 1 aromatic heterocycles. The van der Waals surface area contributed by atoms with Crippen LogP contribution in [0.1, 0.15) is 64.5 Å². The van der Waals surface area contributed by atoms with E-state index < -0.39 is 0 Å². The van der Waals surface area contributed by atoms with E-state index in [0.717, 1.165) is 72.2 Å². The lowest BCUT2D eigenvalue weighted by molar-refractivity contribution is 0.0950. The van der Waals surface area contributed by atoms with Crippen LogP contribution in [0.2, 0.25) is 12.6 Å². The second-order valence-electron chi connectivity index (χ2n) is 11.5. The summed E-state index contributed by atoms with van der Waals surface area (Å²) in [6.45, 7) is 12.5. The molecule has 0 saturated carbocycles. The first-order valence-corrected chi connectivity index (χ1v) is 14.9. The number of hydrogen-bond acceptors (Lipinski definition) is 4. The molecule has 2 fully saturated rings. The number of pyridine rings is 1. The quantitative estimate of drug-likeness (QED) is 0.347. The summed E-state index contributed by atoms with van der Waals surface area (Å²) in [5, 5.41) is 3.06. The van der Waals surface area contributed by atoms with Gasteiger partial charge in [0.05, 0.1) is 0 Å². The van der Waals surface area contributed by atoms with Crippen LogP contribution in [0, 0.1) is 20.8 Å². The molecule has 0 atom stereocenters. The molecule has 2 N–H and O–H groups in total. The van der Waals surface area contributed by atoms with Crippen LogP contribution in [0.25, 0.3) is 11.1 Å². The second kappa shape index (κ2) is 12.5. The van der Waals surface area contributed by atoms with Crippen LogP contribution in [-0.4, -0.2) is 48.7 Å². The maximum Gasteiger partial charge on any atom is 0.253 e. The highest BCUT2D eigenvalue weighted by Gasteiger charge is 2.25. The number of aromatic nitrogens is 1. The highest BCUT2D eigenvalue weighted by atomic mass is 16.1. The number of benzene rings is 2. The van der Waals surface area contributed by atoms with E-state index in [-0.39, 0.29) is 18.0 Å². The molecular formula is C33H42BN4O2. The Labute approximate surface area is 239 Å². The molecule has 209 valence electrons. The van der Waals surface area contributed by atoms with E-state index in [2.05, 4.69) is 71.6 Å². The molecule has 0 spiro atoms. The van der Waals surface area contributed by atoms with Crippen molar-refractivity contribution < 1.29 is 4.79 Å². The molecule has 1 amide bonds. The van der Waals surface area contributed by atoms with Crippen molar-refractivity contribution in [1.29, 1.82) is 0 Å². The molecule has 1 radical (unpaired) electrons. The first-order chi connectivity index (χ1) is 19.3. The Kier molecular flexibility index (Phi) is 8.80. The third kappa shape index (κ3) is 6.20. The smallest absolute Gasteiger partial charge is 0.253 e. The van der Waals surface area contributed by atoms with E-state index in [4.69, 9.17) is 0 Å². The molecule has 2 saturated heterocycles. The molecular weight excluding hydrogens is 495 g/mol. The van der Waals surface area contributed by atoms with Gasteiger partial charge in [0, 0.05) is 48.2 Å². The van der Waals surface area contributed by atoms with Gasteiger partial charge >= 0.3 is 0 Å². The molecule has 3 heterocycles. The Hall–Kier alpha value is -3.32. The number of nitrogens with one attached hydrogen (secondary N) is 2. The van der Waals surface area contributed by atoms with E-state index in [1.54, 1.807) is 0 Å². The highest BCUT2D eigenvalue weighted by molar-refractivity contribution is 6.35. The summed E-state index contributed by atoms with van der Waals surface area (Å²) >= 11 is 0. The summed E-state index contributed by atoms with van der Waals surface area (Å²) in [5.74, 6) is -0.151. The molecule has 0 unspecified atom stereocenters. The lowest BCUT2D eigenvalue weighted by Gasteiger charge is -2.37. The first-order valence-electron chi connectivity index (χ1n) is 14.9. The molecule has 3 aromatic rings. The van der Waals surface area contributed by atoms with Crippen LogP contribution >= 0.6 is 0 Å². The average Bonchev–Trinajstić information content (AvgIpc) is 2.92. The van der Waals surface area contributed by atoms with Crippen molar-refractivity contribution in [3.8, 4) is 11.1 Å². The van der Waals surface area contributed by atoms with Crippen LogP contribution in [0.3, 0.4) is 0 Å². The topological polar surface area (TPSA) is 68.4 Å². The maximum atomic E-state index is 13.7. The van der Waals surface area contributed by atoms with Crippen LogP contribution in [0.5, 0.6) is 0 Å². The molecule has 2 aliphatic rings. The fourth-order valence-corrected chi connectivity index (χ4v) is 6.21. The van der Waals surface area contributed by atoms with Crippen molar-refractivity contribution in [3.63, 3.8) is 0 Å². The van der Waals surface area contributed by atoms with Crippen molar-refractivity contribution >= 4 is 18.9 Å². The summed E-state index contributed by atoms with van der Waals surface area (Å²) in [6, 6.07) is 15.5. The van der Waals surface area contributed by atoms with E-state index in [9.17, 15) is 9.59 Å².